The number of carbonyl (C=O) groups excluding carboxylic acids is 1. The molecule has 204 valence electrons. The van der Waals surface area contributed by atoms with Crippen molar-refractivity contribution < 1.29 is 23.4 Å². The highest BCUT2D eigenvalue weighted by Crippen LogP contribution is 2.33. The van der Waals surface area contributed by atoms with E-state index >= 15 is 0 Å². The van der Waals surface area contributed by atoms with Crippen molar-refractivity contribution in [2.75, 3.05) is 25.6 Å². The van der Waals surface area contributed by atoms with Crippen LogP contribution in [0, 0.1) is 5.82 Å². The van der Waals surface area contributed by atoms with Crippen LogP contribution in [0.25, 0.3) is 11.3 Å². The van der Waals surface area contributed by atoms with Crippen LogP contribution in [0.5, 0.6) is 17.2 Å². The van der Waals surface area contributed by atoms with Gasteiger partial charge < -0.3 is 19.5 Å². The van der Waals surface area contributed by atoms with E-state index in [-0.39, 0.29) is 24.9 Å². The van der Waals surface area contributed by atoms with E-state index in [1.807, 2.05) is 42.6 Å². The van der Waals surface area contributed by atoms with Gasteiger partial charge in [-0.3, -0.25) is 9.79 Å². The van der Waals surface area contributed by atoms with Crippen LogP contribution in [0.2, 0.25) is 0 Å². The van der Waals surface area contributed by atoms with Gasteiger partial charge in [0.05, 0.1) is 31.3 Å². The van der Waals surface area contributed by atoms with E-state index in [0.29, 0.717) is 34.3 Å². The molecule has 0 atom stereocenters. The number of nitrogens with one attached hydrogen (secondary N) is 1. The molecule has 0 spiro atoms. The van der Waals surface area contributed by atoms with Crippen molar-refractivity contribution in [2.45, 2.75) is 13.5 Å². The number of nitrogens with zero attached hydrogens (tertiary/aromatic N) is 3. The topological polar surface area (TPSA) is 86.4 Å². The average molecular weight is 559 g/mol. The van der Waals surface area contributed by atoms with Gasteiger partial charge in [0.1, 0.15) is 18.2 Å². The zero-order valence-corrected chi connectivity index (χ0v) is 22.8. The molecule has 2 heterocycles. The molecule has 1 amide bonds. The van der Waals surface area contributed by atoms with Crippen molar-refractivity contribution in [3.8, 4) is 28.5 Å². The number of hydrogen-bond acceptors (Lipinski definition) is 7. The molecule has 0 radical (unpaired) electrons. The minimum absolute atomic E-state index is 0.00143. The first kappa shape index (κ1) is 26.9. The van der Waals surface area contributed by atoms with Gasteiger partial charge in [-0.15, -0.1) is 11.3 Å². The summed E-state index contributed by atoms with van der Waals surface area (Å²) in [5.74, 6) is 1.23. The van der Waals surface area contributed by atoms with E-state index in [9.17, 15) is 9.18 Å². The van der Waals surface area contributed by atoms with Crippen LogP contribution >= 0.6 is 11.3 Å². The Morgan fingerprint density at radius 3 is 2.77 bits per heavy atom. The number of halogens is 1. The maximum atomic E-state index is 13.2. The van der Waals surface area contributed by atoms with Gasteiger partial charge in [0.15, 0.2) is 18.1 Å². The Bertz CT molecular complexity index is 1660. The van der Waals surface area contributed by atoms with E-state index in [4.69, 9.17) is 19.3 Å². The summed E-state index contributed by atoms with van der Waals surface area (Å²) >= 11 is 1.46. The molecule has 0 fully saturated rings. The lowest BCUT2D eigenvalue weighted by Crippen LogP contribution is -2.25. The maximum Gasteiger partial charge on any atom is 0.262 e. The van der Waals surface area contributed by atoms with Gasteiger partial charge in [-0.25, -0.2) is 9.07 Å². The van der Waals surface area contributed by atoms with E-state index < -0.39 is 0 Å². The summed E-state index contributed by atoms with van der Waals surface area (Å²) in [5, 5.41) is 9.57. The number of amides is 1. The second-order valence-electron chi connectivity index (χ2n) is 9.11. The summed E-state index contributed by atoms with van der Waals surface area (Å²) in [7, 11) is 1.57. The molecule has 0 aliphatic carbocycles. The fourth-order valence-corrected chi connectivity index (χ4v) is 4.75. The Balaban J connectivity index is 1.44. The highest BCUT2D eigenvalue weighted by molar-refractivity contribution is 7.07. The average Bonchev–Trinajstić information content (AvgIpc) is 3.37. The van der Waals surface area contributed by atoms with Crippen molar-refractivity contribution in [1.82, 2.24) is 4.68 Å². The van der Waals surface area contributed by atoms with Crippen molar-refractivity contribution in [3.63, 3.8) is 0 Å². The predicted molar refractivity (Wildman–Crippen MR) is 154 cm³/mol. The van der Waals surface area contributed by atoms with Gasteiger partial charge >= 0.3 is 0 Å². The van der Waals surface area contributed by atoms with Crippen LogP contribution in [0.3, 0.4) is 0 Å². The number of ether oxygens (including phenoxy) is 3. The van der Waals surface area contributed by atoms with Crippen LogP contribution in [-0.4, -0.2) is 37.1 Å². The number of methoxy groups -OCH3 is 1. The Morgan fingerprint density at radius 1 is 1.18 bits per heavy atom. The number of fused-ring (bicyclic) bond motifs is 1. The summed E-state index contributed by atoms with van der Waals surface area (Å²) < 4.78 is 31.9. The molecular weight excluding hydrogens is 531 g/mol. The molecule has 0 bridgehead atoms. The first-order valence-corrected chi connectivity index (χ1v) is 13.3. The van der Waals surface area contributed by atoms with Gasteiger partial charge in [0.25, 0.3) is 5.91 Å². The van der Waals surface area contributed by atoms with Crippen LogP contribution < -0.4 is 24.3 Å². The van der Waals surface area contributed by atoms with Crippen molar-refractivity contribution in [2.24, 2.45) is 10.1 Å². The number of benzene rings is 3. The first-order valence-electron chi connectivity index (χ1n) is 12.4. The molecule has 4 aromatic rings. The minimum atomic E-state index is -0.292. The molecule has 1 N–H and O–H groups in total. The fraction of sp³-hybridized carbons (Fsp3) is 0.167. The molecule has 0 saturated carbocycles. The summed E-state index contributed by atoms with van der Waals surface area (Å²) in [5.41, 5.74) is 4.81. The lowest BCUT2D eigenvalue weighted by Gasteiger charge is -2.18. The molecule has 1 aliphatic rings. The van der Waals surface area contributed by atoms with E-state index in [2.05, 4.69) is 16.9 Å². The Kier molecular flexibility index (Phi) is 8.07. The fourth-order valence-electron chi connectivity index (χ4n) is 3.91. The van der Waals surface area contributed by atoms with E-state index in [0.717, 1.165) is 28.0 Å². The number of anilines is 1. The Morgan fingerprint density at radius 2 is 2.00 bits per heavy atom. The Labute approximate surface area is 234 Å². The predicted octanol–water partition coefficient (Wildman–Crippen LogP) is 5.63. The zero-order valence-electron chi connectivity index (χ0n) is 22.0. The number of carbonyl (C=O) groups is 1. The summed E-state index contributed by atoms with van der Waals surface area (Å²) in [6.45, 7) is 6.61. The Hall–Kier alpha value is -4.70. The highest BCUT2D eigenvalue weighted by Gasteiger charge is 2.18. The normalized spacial score (nSPS) is 13.1. The lowest BCUT2D eigenvalue weighted by atomic mass is 10.1. The molecule has 10 heteroatoms. The third-order valence-electron chi connectivity index (χ3n) is 5.90. The van der Waals surface area contributed by atoms with Gasteiger partial charge in [0, 0.05) is 10.9 Å². The number of aromatic nitrogens is 1. The molecule has 3 aromatic carbocycles. The minimum Gasteiger partial charge on any atom is -0.493 e. The summed E-state index contributed by atoms with van der Waals surface area (Å²) in [6.07, 6.45) is 1.71. The van der Waals surface area contributed by atoms with Gasteiger partial charge in [-0.2, -0.15) is 5.10 Å². The van der Waals surface area contributed by atoms with Crippen LogP contribution in [-0.2, 0) is 11.4 Å². The molecule has 5 rings (SSSR count). The second-order valence-corrected chi connectivity index (χ2v) is 9.94. The molecular formula is C30H27FN4O4S. The molecule has 0 unspecified atom stereocenters. The molecule has 40 heavy (non-hydrogen) atoms. The lowest BCUT2D eigenvalue weighted by molar-refractivity contribution is -0.118. The van der Waals surface area contributed by atoms with Gasteiger partial charge in [-0.05, 0) is 66.6 Å². The van der Waals surface area contributed by atoms with Crippen molar-refractivity contribution in [3.05, 3.63) is 99.9 Å². The number of thiazole rings is 1. The SMILES string of the molecule is C=C(C)CN=c1scc(-c2ccc3c(c2)NC(=O)CO3)n1N=Cc1ccc(OCc2ccc(F)cc2)c(OC)c1. The largest absolute Gasteiger partial charge is 0.493 e. The molecule has 8 nitrogen and oxygen atoms in total. The van der Waals surface area contributed by atoms with Crippen molar-refractivity contribution in [1.29, 1.82) is 0 Å². The monoisotopic (exact) mass is 558 g/mol. The van der Waals surface area contributed by atoms with E-state index in [1.54, 1.807) is 36.2 Å². The van der Waals surface area contributed by atoms with Crippen LogP contribution in [0.1, 0.15) is 18.1 Å². The molecule has 0 saturated heterocycles. The number of hydrogen-bond donors (Lipinski definition) is 1. The van der Waals surface area contributed by atoms with E-state index in [1.165, 1.54) is 23.5 Å². The third-order valence-corrected chi connectivity index (χ3v) is 6.75. The summed E-state index contributed by atoms with van der Waals surface area (Å²) in [4.78, 5) is 17.2. The molecule has 1 aromatic heterocycles. The first-order chi connectivity index (χ1) is 19.4. The highest BCUT2D eigenvalue weighted by atomic mass is 32.1. The third kappa shape index (κ3) is 6.29. The second kappa shape index (κ2) is 12.0. The van der Waals surface area contributed by atoms with Crippen LogP contribution in [0.4, 0.5) is 10.1 Å². The van der Waals surface area contributed by atoms with Gasteiger partial charge in [0.2, 0.25) is 4.80 Å². The standard InChI is InChI=1S/C30H27FN4O4S/c1-19(2)14-32-30-35(25(18-40-30)22-7-11-26-24(13-22)34-29(36)17-39-26)33-15-21-6-10-27(28(12-21)37-3)38-16-20-4-8-23(31)9-5-20/h4-13,15,18H,1,14,16-17H2,2-3H3,(H,34,36). The zero-order chi connectivity index (χ0) is 28.1. The number of rotatable bonds is 9. The smallest absolute Gasteiger partial charge is 0.262 e. The summed E-state index contributed by atoms with van der Waals surface area (Å²) in [6, 6.07) is 17.3. The molecule has 1 aliphatic heterocycles. The quantitative estimate of drug-likeness (QED) is 0.213. The van der Waals surface area contributed by atoms with Crippen LogP contribution in [0.15, 0.2) is 88.3 Å². The van der Waals surface area contributed by atoms with Gasteiger partial charge in [-0.1, -0.05) is 24.3 Å². The maximum absolute atomic E-state index is 13.2. The van der Waals surface area contributed by atoms with Crippen molar-refractivity contribution >= 4 is 29.1 Å².